The lowest BCUT2D eigenvalue weighted by Gasteiger charge is -2.19. The molecule has 20 heavy (non-hydrogen) atoms. The van der Waals surface area contributed by atoms with Crippen LogP contribution in [-0.4, -0.2) is 16.3 Å². The average Bonchev–Trinajstić information content (AvgIpc) is 2.65. The highest BCUT2D eigenvalue weighted by molar-refractivity contribution is 9.10. The highest BCUT2D eigenvalue weighted by Crippen LogP contribution is 2.26. The molecule has 0 bridgehead atoms. The van der Waals surface area contributed by atoms with Crippen molar-refractivity contribution in [2.24, 2.45) is 7.05 Å². The van der Waals surface area contributed by atoms with Crippen LogP contribution >= 0.6 is 15.9 Å². The van der Waals surface area contributed by atoms with Gasteiger partial charge in [0.05, 0.1) is 15.9 Å². The van der Waals surface area contributed by atoms with E-state index in [1.165, 1.54) is 16.8 Å². The summed E-state index contributed by atoms with van der Waals surface area (Å²) in [5.41, 5.74) is 4.89. The van der Waals surface area contributed by atoms with Gasteiger partial charge in [-0.05, 0) is 41.9 Å². The summed E-state index contributed by atoms with van der Waals surface area (Å²) in [4.78, 5) is 0. The standard InChI is InChI=1S/C16H22BrN3/c1-5-18-14(13-8-6-11(2)7-9-13)10-15-16(17)12(3)19-20(15)4/h6-9,14,18H,5,10H2,1-4H3. The van der Waals surface area contributed by atoms with Crippen LogP contribution in [0.5, 0.6) is 0 Å². The number of hydrogen-bond acceptors (Lipinski definition) is 2. The molecule has 1 unspecified atom stereocenters. The number of rotatable bonds is 5. The monoisotopic (exact) mass is 335 g/mol. The summed E-state index contributed by atoms with van der Waals surface area (Å²) in [7, 11) is 2.01. The van der Waals surface area contributed by atoms with Gasteiger partial charge in [0.25, 0.3) is 0 Å². The molecule has 0 spiro atoms. The van der Waals surface area contributed by atoms with Gasteiger partial charge in [0.15, 0.2) is 0 Å². The molecule has 3 nitrogen and oxygen atoms in total. The van der Waals surface area contributed by atoms with Crippen LogP contribution < -0.4 is 5.32 Å². The maximum Gasteiger partial charge on any atom is 0.0738 e. The highest BCUT2D eigenvalue weighted by Gasteiger charge is 2.17. The smallest absolute Gasteiger partial charge is 0.0738 e. The Labute approximate surface area is 129 Å². The van der Waals surface area contributed by atoms with Crippen molar-refractivity contribution in [3.05, 3.63) is 51.3 Å². The molecule has 1 atom stereocenters. The molecule has 0 saturated carbocycles. The Kier molecular flexibility index (Phi) is 5.00. The van der Waals surface area contributed by atoms with Crippen molar-refractivity contribution in [2.45, 2.75) is 33.2 Å². The molecule has 0 aliphatic carbocycles. The molecule has 0 aliphatic rings. The average molecular weight is 336 g/mol. The number of halogens is 1. The van der Waals surface area contributed by atoms with Crippen LogP contribution in [0.15, 0.2) is 28.7 Å². The van der Waals surface area contributed by atoms with Gasteiger partial charge in [0.2, 0.25) is 0 Å². The second-order valence-corrected chi connectivity index (χ2v) is 5.99. The van der Waals surface area contributed by atoms with Crippen LogP contribution in [0.1, 0.15) is 35.5 Å². The van der Waals surface area contributed by atoms with Crippen molar-refractivity contribution in [2.75, 3.05) is 6.54 Å². The number of nitrogens with one attached hydrogen (secondary N) is 1. The van der Waals surface area contributed by atoms with Gasteiger partial charge >= 0.3 is 0 Å². The van der Waals surface area contributed by atoms with Crippen LogP contribution in [-0.2, 0) is 13.5 Å². The van der Waals surface area contributed by atoms with Gasteiger partial charge in [-0.25, -0.2) is 0 Å². The lowest BCUT2D eigenvalue weighted by molar-refractivity contribution is 0.528. The minimum atomic E-state index is 0.312. The lowest BCUT2D eigenvalue weighted by atomic mass is 10.0. The molecule has 2 rings (SSSR count). The number of aryl methyl sites for hydroxylation is 3. The van der Waals surface area contributed by atoms with Gasteiger partial charge in [-0.3, -0.25) is 4.68 Å². The quantitative estimate of drug-likeness (QED) is 0.902. The fourth-order valence-corrected chi connectivity index (χ4v) is 2.95. The van der Waals surface area contributed by atoms with Crippen LogP contribution in [0.4, 0.5) is 0 Å². The van der Waals surface area contributed by atoms with Crippen molar-refractivity contribution in [3.63, 3.8) is 0 Å². The normalized spacial score (nSPS) is 12.7. The SMILES string of the molecule is CCNC(Cc1c(Br)c(C)nn1C)c1ccc(C)cc1. The Morgan fingerprint density at radius 1 is 1.25 bits per heavy atom. The Morgan fingerprint density at radius 2 is 1.90 bits per heavy atom. The van der Waals surface area contributed by atoms with Gasteiger partial charge in [0.1, 0.15) is 0 Å². The summed E-state index contributed by atoms with van der Waals surface area (Å²) in [6.07, 6.45) is 0.925. The largest absolute Gasteiger partial charge is 0.310 e. The first-order chi connectivity index (χ1) is 9.52. The highest BCUT2D eigenvalue weighted by atomic mass is 79.9. The second kappa shape index (κ2) is 6.55. The summed E-state index contributed by atoms with van der Waals surface area (Å²) < 4.78 is 3.09. The van der Waals surface area contributed by atoms with E-state index < -0.39 is 0 Å². The zero-order valence-corrected chi connectivity index (χ0v) is 14.2. The lowest BCUT2D eigenvalue weighted by Crippen LogP contribution is -2.24. The first-order valence-electron chi connectivity index (χ1n) is 7.00. The van der Waals surface area contributed by atoms with Gasteiger partial charge in [-0.1, -0.05) is 36.8 Å². The molecular weight excluding hydrogens is 314 g/mol. The van der Waals surface area contributed by atoms with Crippen LogP contribution in [0.25, 0.3) is 0 Å². The van der Waals surface area contributed by atoms with Gasteiger partial charge in [-0.2, -0.15) is 5.10 Å². The van der Waals surface area contributed by atoms with E-state index in [4.69, 9.17) is 0 Å². The Balaban J connectivity index is 2.27. The van der Waals surface area contributed by atoms with Crippen molar-refractivity contribution in [1.29, 1.82) is 0 Å². The number of hydrogen-bond donors (Lipinski definition) is 1. The van der Waals surface area contributed by atoms with Crippen LogP contribution in [0.2, 0.25) is 0 Å². The number of aromatic nitrogens is 2. The Hall–Kier alpha value is -1.13. The molecular formula is C16H22BrN3. The molecule has 0 saturated heterocycles. The van der Waals surface area contributed by atoms with E-state index in [0.29, 0.717) is 6.04 Å². The minimum Gasteiger partial charge on any atom is -0.310 e. The molecule has 1 aromatic heterocycles. The number of benzene rings is 1. The molecule has 0 fully saturated rings. The summed E-state index contributed by atoms with van der Waals surface area (Å²) in [6, 6.07) is 9.07. The zero-order valence-electron chi connectivity index (χ0n) is 12.6. The third kappa shape index (κ3) is 3.30. The maximum atomic E-state index is 4.47. The molecule has 0 aliphatic heterocycles. The van der Waals surface area contributed by atoms with Gasteiger partial charge in [-0.15, -0.1) is 0 Å². The minimum absolute atomic E-state index is 0.312. The van der Waals surface area contributed by atoms with Crippen LogP contribution in [0.3, 0.4) is 0 Å². The van der Waals surface area contributed by atoms with E-state index in [-0.39, 0.29) is 0 Å². The van der Waals surface area contributed by atoms with Crippen molar-refractivity contribution >= 4 is 15.9 Å². The molecule has 1 aromatic carbocycles. The zero-order chi connectivity index (χ0) is 14.7. The Bertz CT molecular complexity index is 572. The molecule has 4 heteroatoms. The predicted molar refractivity (Wildman–Crippen MR) is 86.9 cm³/mol. The molecule has 0 amide bonds. The van der Waals surface area contributed by atoms with Gasteiger partial charge in [0, 0.05) is 19.5 Å². The van der Waals surface area contributed by atoms with Gasteiger partial charge < -0.3 is 5.32 Å². The summed E-state index contributed by atoms with van der Waals surface area (Å²) >= 11 is 3.65. The van der Waals surface area contributed by atoms with E-state index in [1.54, 1.807) is 0 Å². The topological polar surface area (TPSA) is 29.9 Å². The predicted octanol–water partition coefficient (Wildman–Crippen LogP) is 3.69. The molecule has 0 radical (unpaired) electrons. The fourth-order valence-electron chi connectivity index (χ4n) is 2.45. The van der Waals surface area contributed by atoms with E-state index in [9.17, 15) is 0 Å². The van der Waals surface area contributed by atoms with E-state index in [2.05, 4.69) is 64.5 Å². The van der Waals surface area contributed by atoms with Crippen molar-refractivity contribution in [1.82, 2.24) is 15.1 Å². The summed E-state index contributed by atoms with van der Waals surface area (Å²) in [6.45, 7) is 7.24. The maximum absolute atomic E-state index is 4.47. The Morgan fingerprint density at radius 3 is 2.40 bits per heavy atom. The molecule has 2 aromatic rings. The summed E-state index contributed by atoms with van der Waals surface area (Å²) in [5, 5.41) is 8.04. The van der Waals surface area contributed by atoms with Crippen LogP contribution in [0, 0.1) is 13.8 Å². The van der Waals surface area contributed by atoms with E-state index in [0.717, 1.165) is 23.1 Å². The first-order valence-corrected chi connectivity index (χ1v) is 7.80. The van der Waals surface area contributed by atoms with Crippen molar-refractivity contribution < 1.29 is 0 Å². The molecule has 1 heterocycles. The third-order valence-electron chi connectivity index (χ3n) is 3.59. The van der Waals surface area contributed by atoms with E-state index in [1.807, 2.05) is 18.7 Å². The van der Waals surface area contributed by atoms with E-state index >= 15 is 0 Å². The number of likely N-dealkylation sites (N-methyl/N-ethyl adjacent to an activating group) is 1. The van der Waals surface area contributed by atoms with Crippen molar-refractivity contribution in [3.8, 4) is 0 Å². The second-order valence-electron chi connectivity index (χ2n) is 5.19. The first kappa shape index (κ1) is 15.3. The molecule has 108 valence electrons. The third-order valence-corrected chi connectivity index (χ3v) is 4.62. The molecule has 1 N–H and O–H groups in total. The fraction of sp³-hybridized carbons (Fsp3) is 0.438. The number of nitrogens with zero attached hydrogens (tertiary/aromatic N) is 2. The summed E-state index contributed by atoms with van der Waals surface area (Å²) in [5.74, 6) is 0.